The third kappa shape index (κ3) is 36.3. The molecule has 4 aliphatic heterocycles. The molecule has 5 N–H and O–H groups in total. The second-order valence-electron chi connectivity index (χ2n) is 29.7. The number of benzene rings is 1. The predicted octanol–water partition coefficient (Wildman–Crippen LogP) is 15.1. The number of aryl methyl sites for hydroxylation is 5. The standard InChI is InChI=1S/C28H28BrN7O3.C18H25BrN2O3.C13H17BrN2O.C11H19NO4.C6H7BrN2.CH4.ClH.S4.S3.S2.H2S/c1-15-9-23(28(39)33-27-16(2)5-8-24(29)32-27)35(13-15)25(38)14-36-22-7-6-19(20-11-30-18(4)31-12-20)10-21(22)26(34-36)17(3)37;1-11-8-14(21(10-11)17(23)24-18(3,4)5)15(22)9-13-12(2)6-7-16(19)20-13;1-8-5-11(15-7-8)12(17)6-10-9(2)3-4-13(14)16-10;1-7-5-8(9(13)14)12(6-7)10(15)16-11(2,3)4;1-4-2-3-5(7)9-6(4)8;;;1-3-4-2;1-3-2;1-2;/h5-8,10-12,15,23H,9,13-14H2,1-4H3,(H,32,33,39);6-7,11,14H,8-10H2,1-5H3;3-4,8,11,15H,5-7H2,1-2H3;7-8H,5-6H2,1-4H3,(H,13,14);2-3H,1H3,(H2,8,9);1H4;1H;;;;1H2/t15-,23-;11-,14-;8-,11-;7-,8-;;;;;;;/m0000......./s1. The normalized spacial score (nSPS) is 18.0. The summed E-state index contributed by atoms with van der Waals surface area (Å²) in [7, 11) is 3.26. The van der Waals surface area contributed by atoms with Crippen LogP contribution in [0.2, 0.25) is 0 Å². The van der Waals surface area contributed by atoms with E-state index in [1.54, 1.807) is 53.7 Å². The van der Waals surface area contributed by atoms with E-state index < -0.39 is 47.5 Å². The lowest BCUT2D eigenvalue weighted by molar-refractivity contribution is -0.142. The van der Waals surface area contributed by atoms with E-state index in [-0.39, 0.29) is 105 Å². The van der Waals surface area contributed by atoms with Crippen molar-refractivity contribution in [2.45, 2.75) is 199 Å². The topological polar surface area (TPSA) is 330 Å². The van der Waals surface area contributed by atoms with E-state index in [2.05, 4.69) is 183 Å². The van der Waals surface area contributed by atoms with Crippen molar-refractivity contribution in [2.75, 3.05) is 37.2 Å². The highest BCUT2D eigenvalue weighted by molar-refractivity contribution is 9.11. The first kappa shape index (κ1) is 110. The largest absolute Gasteiger partial charge is 0.480 e. The highest BCUT2D eigenvalue weighted by Gasteiger charge is 2.42. The molecular formula is C77H103Br4ClN14O11S10. The lowest BCUT2D eigenvalue weighted by Gasteiger charge is -2.28. The zero-order valence-corrected chi connectivity index (χ0v) is 82.5. The highest BCUT2D eigenvalue weighted by atomic mass is 79.9. The fourth-order valence-corrected chi connectivity index (χ4v) is 13.6. The molecule has 10 heterocycles. The number of nitrogens with two attached hydrogens (primary N) is 1. The van der Waals surface area contributed by atoms with Crippen molar-refractivity contribution in [3.05, 3.63) is 143 Å². The van der Waals surface area contributed by atoms with Crippen molar-refractivity contribution in [1.82, 2.24) is 59.7 Å². The first-order valence-electron chi connectivity index (χ1n) is 35.8. The third-order valence-corrected chi connectivity index (χ3v) is 21.7. The van der Waals surface area contributed by atoms with Gasteiger partial charge in [0, 0.05) is 144 Å². The summed E-state index contributed by atoms with van der Waals surface area (Å²) in [6.45, 7) is 32.2. The number of carbonyl (C=O) groups excluding carboxylic acids is 7. The van der Waals surface area contributed by atoms with Gasteiger partial charge in [-0.25, -0.2) is 44.3 Å². The average Bonchev–Trinajstić information content (AvgIpc) is 1.63. The Labute approximate surface area is 771 Å². The summed E-state index contributed by atoms with van der Waals surface area (Å²) in [5.41, 5.74) is 12.4. The summed E-state index contributed by atoms with van der Waals surface area (Å²) in [4.78, 5) is 129. The lowest BCUT2D eigenvalue weighted by Crippen LogP contribution is -2.44. The van der Waals surface area contributed by atoms with E-state index in [1.807, 2.05) is 137 Å². The van der Waals surface area contributed by atoms with Crippen LogP contribution in [0.15, 0.2) is 97.5 Å². The van der Waals surface area contributed by atoms with Gasteiger partial charge in [0.05, 0.1) is 41.8 Å². The molecule has 7 aromatic rings. The highest BCUT2D eigenvalue weighted by Crippen LogP contribution is 2.32. The van der Waals surface area contributed by atoms with Crippen LogP contribution < -0.4 is 16.4 Å². The van der Waals surface area contributed by atoms with Crippen molar-refractivity contribution in [3.8, 4) is 11.1 Å². The molecule has 6 aromatic heterocycles. The molecule has 0 aliphatic carbocycles. The molecule has 8 atom stereocenters. The third-order valence-electron chi connectivity index (χ3n) is 17.7. The average molecular weight is 2080 g/mol. The number of fused-ring (bicyclic) bond motifs is 1. The Morgan fingerprint density at radius 2 is 1.03 bits per heavy atom. The summed E-state index contributed by atoms with van der Waals surface area (Å²) < 4.78 is 15.1. The smallest absolute Gasteiger partial charge is 0.411 e. The molecule has 0 saturated carbocycles. The van der Waals surface area contributed by atoms with Gasteiger partial charge in [-0.3, -0.25) is 38.5 Å². The van der Waals surface area contributed by atoms with E-state index in [4.69, 9.17) is 20.3 Å². The summed E-state index contributed by atoms with van der Waals surface area (Å²) in [5, 5.41) is 20.3. The number of hydrogen-bond acceptors (Lipinski definition) is 25. The molecule has 642 valence electrons. The molecule has 11 rings (SSSR count). The van der Waals surface area contributed by atoms with Crippen LogP contribution in [-0.2, 0) is 147 Å². The van der Waals surface area contributed by atoms with Crippen LogP contribution in [0.5, 0.6) is 0 Å². The molecule has 0 unspecified atom stereocenters. The van der Waals surface area contributed by atoms with Crippen LogP contribution in [0.25, 0.3) is 22.0 Å². The molecule has 4 amide bonds. The number of nitrogens with zero attached hydrogens (tertiary/aromatic N) is 11. The first-order valence-corrected chi connectivity index (χ1v) is 47.0. The maximum absolute atomic E-state index is 13.6. The number of amides is 4. The first-order chi connectivity index (χ1) is 53.5. The van der Waals surface area contributed by atoms with Gasteiger partial charge in [0.25, 0.3) is 0 Å². The van der Waals surface area contributed by atoms with Gasteiger partial charge in [0.2, 0.25) is 11.8 Å². The Balaban J connectivity index is 0.000000757. The molecule has 40 heteroatoms. The van der Waals surface area contributed by atoms with Crippen molar-refractivity contribution in [2.24, 2.45) is 23.7 Å². The van der Waals surface area contributed by atoms with Gasteiger partial charge in [0.15, 0.2) is 17.3 Å². The van der Waals surface area contributed by atoms with Crippen molar-refractivity contribution in [3.63, 3.8) is 0 Å². The maximum Gasteiger partial charge on any atom is 0.411 e. The van der Waals surface area contributed by atoms with Crippen molar-refractivity contribution < 1.29 is 52.9 Å². The van der Waals surface area contributed by atoms with Crippen LogP contribution in [0.1, 0.15) is 159 Å². The van der Waals surface area contributed by atoms with E-state index in [0.717, 1.165) is 75.8 Å². The maximum atomic E-state index is 13.6. The SMILES string of the molecule is C.CC(=O)c1nn(CC(=O)N2C[C@@H](C)C[C@H]2C(=O)Nc2nc(Br)ccc2C)c2ccc(-c3cnc(C)nc3)cc12.C[C@H]1C[C@@H](C(=O)O)N(C(=O)OC(C)(C)C)C1.Cc1ccc(Br)nc1CC(=O)[C@@H]1C[C@H](C)CN1.Cc1ccc(Br)nc1CC(=O)[C@@H]1C[C@H](C)CN1C(=O)OC(C)(C)C.Cc1ccc(Br)nc1N.Cl.S.S=S.S=S=S.S=S=S=S. The number of carboxylic acids is 1. The Morgan fingerprint density at radius 3 is 1.48 bits per heavy atom. The molecule has 1 aromatic carbocycles. The van der Waals surface area contributed by atoms with Crippen LogP contribution >= 0.6 is 89.6 Å². The van der Waals surface area contributed by atoms with E-state index in [1.165, 1.54) is 29.6 Å². The fraction of sp³-hybridized carbons (Fsp3) is 0.494. The van der Waals surface area contributed by atoms with Crippen LogP contribution in [0.4, 0.5) is 21.2 Å². The van der Waals surface area contributed by atoms with Gasteiger partial charge in [-0.15, -0.1) is 12.4 Å². The number of ether oxygens (including phenoxy) is 2. The van der Waals surface area contributed by atoms with Gasteiger partial charge in [0.1, 0.15) is 71.4 Å². The van der Waals surface area contributed by atoms with Crippen LogP contribution in [0.3, 0.4) is 0 Å². The number of Topliss-reactive ketones (excluding diaryl/α,β-unsaturated/α-hetero) is 3. The number of nitrogens with one attached hydrogen (secondary N) is 2. The van der Waals surface area contributed by atoms with Crippen LogP contribution in [-0.4, -0.2) is 168 Å². The zero-order chi connectivity index (χ0) is 85.8. The summed E-state index contributed by atoms with van der Waals surface area (Å²) in [6, 6.07) is 19.0. The number of carboxylic acid groups (broad SMARTS) is 1. The molecule has 4 saturated heterocycles. The molecule has 0 bridgehead atoms. The number of nitrogen functional groups attached to an aromatic ring is 1. The minimum absolute atomic E-state index is 0. The Bertz CT molecular complexity index is 4680. The number of halogens is 5. The van der Waals surface area contributed by atoms with Crippen LogP contribution in [0, 0.1) is 58.3 Å². The van der Waals surface area contributed by atoms with Gasteiger partial charge < -0.3 is 35.8 Å². The molecule has 0 radical (unpaired) electrons. The Morgan fingerprint density at radius 1 is 0.598 bits per heavy atom. The lowest BCUT2D eigenvalue weighted by atomic mass is 10.00. The molecule has 4 fully saturated rings. The monoisotopic (exact) mass is 2070 g/mol. The van der Waals surface area contributed by atoms with E-state index in [0.29, 0.717) is 88.8 Å². The number of hydrogen-bond donors (Lipinski definition) is 4. The number of rotatable bonds is 13. The summed E-state index contributed by atoms with van der Waals surface area (Å²) >= 11 is 37.5. The van der Waals surface area contributed by atoms with Gasteiger partial charge in [-0.1, -0.05) is 65.5 Å². The zero-order valence-electron chi connectivity index (χ0n) is 67.0. The molecule has 4 aliphatic rings. The Hall–Kier alpha value is -5.37. The minimum atomic E-state index is -0.963. The van der Waals surface area contributed by atoms with Crippen molar-refractivity contribution >= 4 is 253 Å². The number of likely N-dealkylation sites (tertiary alicyclic amines) is 3. The number of carbonyl (C=O) groups is 8. The minimum Gasteiger partial charge on any atom is -0.480 e. The summed E-state index contributed by atoms with van der Waals surface area (Å²) in [5.74, 6) is 1.53. The number of pyridine rings is 4. The molecule has 117 heavy (non-hydrogen) atoms. The quantitative estimate of drug-likeness (QED) is 0.0615. The Kier molecular flexibility index (Phi) is 49.5. The number of anilines is 2. The van der Waals surface area contributed by atoms with Gasteiger partial charge >= 0.3 is 18.2 Å². The molecule has 25 nitrogen and oxygen atoms in total. The predicted molar refractivity (Wildman–Crippen MR) is 507 cm³/mol. The second-order valence-corrected chi connectivity index (χ2v) is 38.3. The van der Waals surface area contributed by atoms with Gasteiger partial charge in [-0.05, 0) is 260 Å². The summed E-state index contributed by atoms with van der Waals surface area (Å²) in [6.07, 6.45) is 5.83. The second kappa shape index (κ2) is 52.8. The number of aliphatic carboxylic acids is 1. The molecule has 0 spiro atoms. The van der Waals surface area contributed by atoms with E-state index >= 15 is 0 Å². The van der Waals surface area contributed by atoms with Crippen molar-refractivity contribution in [1.29, 1.82) is 0 Å². The van der Waals surface area contributed by atoms with Gasteiger partial charge in [-0.2, -0.15) is 18.6 Å². The number of ketones is 3. The van der Waals surface area contributed by atoms with E-state index in [9.17, 15) is 38.4 Å². The fourth-order valence-electron chi connectivity index (χ4n) is 12.3. The molecular weight excluding hydrogens is 1970 g/mol. The number of aromatic nitrogens is 8.